The summed E-state index contributed by atoms with van der Waals surface area (Å²) in [5.74, 6) is -0.276. The van der Waals surface area contributed by atoms with Gasteiger partial charge < -0.3 is 24.4 Å². The summed E-state index contributed by atoms with van der Waals surface area (Å²) in [7, 11) is 1.15. The Kier molecular flexibility index (Phi) is 13.9. The van der Waals surface area contributed by atoms with E-state index in [4.69, 9.17) is 42.3 Å². The average molecular weight is 808 g/mol. The van der Waals surface area contributed by atoms with Crippen molar-refractivity contribution in [2.75, 3.05) is 74.3 Å². The van der Waals surface area contributed by atoms with Crippen molar-refractivity contribution in [2.45, 2.75) is 42.6 Å². The second kappa shape index (κ2) is 18.0. The first kappa shape index (κ1) is 41.6. The molecule has 54 heavy (non-hydrogen) atoms. The van der Waals surface area contributed by atoms with Gasteiger partial charge in [0.1, 0.15) is 16.4 Å². The highest BCUT2D eigenvalue weighted by molar-refractivity contribution is 7.89. The number of hydroxylamine groups is 1. The van der Waals surface area contributed by atoms with Crippen LogP contribution in [-0.4, -0.2) is 115 Å². The molecule has 3 aromatic carbocycles. The van der Waals surface area contributed by atoms with E-state index in [-0.39, 0.29) is 53.0 Å². The molecule has 0 radical (unpaired) electrons. The number of halogens is 2. The molecule has 2 aliphatic rings. The Labute approximate surface area is 326 Å². The number of nitrogens with zero attached hydrogens (tertiary/aromatic N) is 3. The number of hydrogen-bond donors (Lipinski definition) is 3. The summed E-state index contributed by atoms with van der Waals surface area (Å²) in [5, 5.41) is 11.2. The fourth-order valence-corrected chi connectivity index (χ4v) is 8.00. The number of sulfonamides is 1. The van der Waals surface area contributed by atoms with E-state index in [0.29, 0.717) is 42.8 Å². The molecule has 2 fully saturated rings. The number of amides is 2. The van der Waals surface area contributed by atoms with Crippen molar-refractivity contribution in [3.05, 3.63) is 87.4 Å². The zero-order valence-electron chi connectivity index (χ0n) is 31.2. The number of carbonyl (C=O) groups excluding carboxylic acids is 2. The van der Waals surface area contributed by atoms with Gasteiger partial charge in [0.2, 0.25) is 5.91 Å². The van der Waals surface area contributed by atoms with E-state index in [1.807, 2.05) is 36.1 Å². The summed E-state index contributed by atoms with van der Waals surface area (Å²) in [5.41, 5.74) is 0.108. The van der Waals surface area contributed by atoms with Gasteiger partial charge in [0, 0.05) is 68.6 Å². The van der Waals surface area contributed by atoms with Gasteiger partial charge in [-0.25, -0.2) is 8.42 Å². The Morgan fingerprint density at radius 2 is 1.48 bits per heavy atom. The summed E-state index contributed by atoms with van der Waals surface area (Å²) >= 11 is 12.6. The third-order valence-electron chi connectivity index (χ3n) is 9.72. The molecule has 2 amide bonds. The Bertz CT molecular complexity index is 1820. The molecule has 14 nitrogen and oxygen atoms in total. The maximum absolute atomic E-state index is 15.4. The van der Waals surface area contributed by atoms with E-state index in [9.17, 15) is 13.2 Å². The Hall–Kier alpha value is -3.51. The molecule has 0 saturated carbocycles. The predicted molar refractivity (Wildman–Crippen MR) is 205 cm³/mol. The maximum Gasteiger partial charge on any atom is 0.268 e. The van der Waals surface area contributed by atoms with Crippen molar-refractivity contribution in [1.82, 2.24) is 30.2 Å². The van der Waals surface area contributed by atoms with E-state index in [0.717, 1.165) is 15.6 Å². The van der Waals surface area contributed by atoms with Crippen LogP contribution in [0.1, 0.15) is 42.6 Å². The minimum Gasteiger partial charge on any atom is -0.495 e. The van der Waals surface area contributed by atoms with Crippen LogP contribution >= 0.6 is 23.2 Å². The summed E-state index contributed by atoms with van der Waals surface area (Å²) in [6.45, 7) is 5.86. The second-order valence-electron chi connectivity index (χ2n) is 13.0. The monoisotopic (exact) mass is 806 g/mol. The number of carbonyl (C=O) groups is 2. The smallest absolute Gasteiger partial charge is 0.268 e. The summed E-state index contributed by atoms with van der Waals surface area (Å²) in [6, 6.07) is 16.4. The van der Waals surface area contributed by atoms with Gasteiger partial charge in [-0.15, -0.1) is 0 Å². The van der Waals surface area contributed by atoms with Crippen molar-refractivity contribution in [3.8, 4) is 11.5 Å². The normalized spacial score (nSPS) is 21.2. The molecule has 2 aliphatic heterocycles. The van der Waals surface area contributed by atoms with Crippen LogP contribution in [0.15, 0.2) is 65.6 Å². The first-order valence-corrected chi connectivity index (χ1v) is 19.7. The Morgan fingerprint density at radius 3 is 1.96 bits per heavy atom. The summed E-state index contributed by atoms with van der Waals surface area (Å²) in [4.78, 5) is 36.6. The topological polar surface area (TPSA) is 151 Å². The van der Waals surface area contributed by atoms with Crippen molar-refractivity contribution in [3.63, 3.8) is 0 Å². The Balaban J connectivity index is 1.63. The molecule has 294 valence electrons. The molecule has 17 heteroatoms. The van der Waals surface area contributed by atoms with E-state index in [2.05, 4.69) is 16.0 Å². The lowest BCUT2D eigenvalue weighted by Crippen LogP contribution is -2.62. The van der Waals surface area contributed by atoms with Gasteiger partial charge in [-0.1, -0.05) is 51.9 Å². The summed E-state index contributed by atoms with van der Waals surface area (Å²) < 4.78 is 45.5. The minimum atomic E-state index is -4.30. The molecule has 2 heterocycles. The minimum absolute atomic E-state index is 0.00184. The molecule has 2 saturated heterocycles. The van der Waals surface area contributed by atoms with Crippen molar-refractivity contribution in [2.24, 2.45) is 0 Å². The molecule has 0 bridgehead atoms. The number of rotatable bonds is 15. The number of benzene rings is 3. The van der Waals surface area contributed by atoms with Crippen LogP contribution in [0.4, 0.5) is 0 Å². The van der Waals surface area contributed by atoms with Crippen LogP contribution in [0.2, 0.25) is 10.0 Å². The van der Waals surface area contributed by atoms with Crippen LogP contribution in [0, 0.1) is 0 Å². The molecule has 5 rings (SSSR count). The van der Waals surface area contributed by atoms with Crippen LogP contribution in [0.3, 0.4) is 0 Å². The number of piperazine rings is 1. The Morgan fingerprint density at radius 1 is 0.926 bits per heavy atom. The lowest BCUT2D eigenvalue weighted by atomic mass is 9.95. The fraction of sp³-hybridized carbons (Fsp3) is 0.459. The van der Waals surface area contributed by atoms with Gasteiger partial charge in [-0.05, 0) is 55.3 Å². The highest BCUT2D eigenvalue weighted by Gasteiger charge is 2.55. The van der Waals surface area contributed by atoms with Gasteiger partial charge in [0.05, 0.1) is 45.6 Å². The highest BCUT2D eigenvalue weighted by atomic mass is 35.5. The molecular weight excluding hydrogens is 759 g/mol. The van der Waals surface area contributed by atoms with Crippen molar-refractivity contribution in [1.29, 1.82) is 0 Å². The average Bonchev–Trinajstić information content (AvgIpc) is 3.58. The molecule has 0 aromatic heterocycles. The second-order valence-corrected chi connectivity index (χ2v) is 15.8. The quantitative estimate of drug-likeness (QED) is 0.193. The van der Waals surface area contributed by atoms with Crippen LogP contribution in [-0.2, 0) is 34.8 Å². The largest absolute Gasteiger partial charge is 0.495 e. The standard InChI is InChI=1S/C37H48Cl2N6O8S/c1-7-53-30-21-31(51-5)32(54(48,49)43(3)52-6)20-29(30)37(36(47)45-18-16-44(17-19-45)23-33(46)40-22-24(2)50-4)41-34(25-8-12-27(38)13-9-25)35(42-37)26-10-14-28(39)15-11-26/h8-15,20-21,24,34-35,41-42H,7,16-19,22-23H2,1-6H3,(H,40,46)/t24?,34-,35+,37?. The zero-order chi connectivity index (χ0) is 39.2. The fourth-order valence-electron chi connectivity index (χ4n) is 6.61. The van der Waals surface area contributed by atoms with Gasteiger partial charge in [0.15, 0.2) is 5.66 Å². The molecule has 0 aliphatic carbocycles. The molecule has 2 unspecified atom stereocenters. The third kappa shape index (κ3) is 8.96. The highest BCUT2D eigenvalue weighted by Crippen LogP contribution is 2.47. The molecule has 4 atom stereocenters. The van der Waals surface area contributed by atoms with Gasteiger partial charge in [0.25, 0.3) is 15.9 Å². The van der Waals surface area contributed by atoms with Crippen LogP contribution in [0.5, 0.6) is 11.5 Å². The molecular formula is C37H48Cl2N6O8S. The first-order chi connectivity index (χ1) is 25.8. The predicted octanol–water partition coefficient (Wildman–Crippen LogP) is 3.71. The lowest BCUT2D eigenvalue weighted by Gasteiger charge is -2.40. The van der Waals surface area contributed by atoms with E-state index in [1.165, 1.54) is 33.4 Å². The zero-order valence-corrected chi connectivity index (χ0v) is 33.6. The molecule has 3 aromatic rings. The summed E-state index contributed by atoms with van der Waals surface area (Å²) in [6.07, 6.45) is -0.121. The van der Waals surface area contributed by atoms with Gasteiger partial charge in [-0.2, -0.15) is 0 Å². The third-order valence-corrected chi connectivity index (χ3v) is 11.9. The molecule has 0 spiro atoms. The van der Waals surface area contributed by atoms with Crippen molar-refractivity contribution >= 4 is 45.0 Å². The maximum atomic E-state index is 15.4. The van der Waals surface area contributed by atoms with Crippen LogP contribution in [0.25, 0.3) is 0 Å². The van der Waals surface area contributed by atoms with Gasteiger partial charge >= 0.3 is 0 Å². The van der Waals surface area contributed by atoms with Crippen LogP contribution < -0.4 is 25.4 Å². The van der Waals surface area contributed by atoms with Gasteiger partial charge in [-0.3, -0.25) is 30.0 Å². The van der Waals surface area contributed by atoms with Crippen molar-refractivity contribution < 1.29 is 37.1 Å². The van der Waals surface area contributed by atoms with E-state index >= 15 is 4.79 Å². The lowest BCUT2D eigenvalue weighted by molar-refractivity contribution is -0.141. The first-order valence-electron chi connectivity index (χ1n) is 17.5. The molecule has 3 N–H and O–H groups in total. The number of ether oxygens (including phenoxy) is 3. The number of hydrogen-bond acceptors (Lipinski definition) is 11. The van der Waals surface area contributed by atoms with E-state index < -0.39 is 27.8 Å². The number of nitrogens with one attached hydrogen (secondary N) is 3. The number of methoxy groups -OCH3 is 2. The van der Waals surface area contributed by atoms with E-state index in [1.54, 1.807) is 43.2 Å². The SMILES string of the molecule is CCOc1cc(OC)c(S(=O)(=O)N(C)OC)cc1C1(C(=O)N2CCN(CC(=O)NCC(C)OC)CC2)N[C@H](c2ccc(Cl)cc2)[C@H](c2ccc(Cl)cc2)N1.